The summed E-state index contributed by atoms with van der Waals surface area (Å²) in [6.07, 6.45) is 2.43. The number of ether oxygens (including phenoxy) is 2. The van der Waals surface area contributed by atoms with E-state index < -0.39 is 5.54 Å². The minimum absolute atomic E-state index is 0.00108. The Morgan fingerprint density at radius 1 is 1.27 bits per heavy atom. The van der Waals surface area contributed by atoms with E-state index in [0.717, 1.165) is 19.5 Å². The molecule has 2 unspecified atom stereocenters. The van der Waals surface area contributed by atoms with Crippen LogP contribution < -0.4 is 10.2 Å². The van der Waals surface area contributed by atoms with E-state index in [1.807, 2.05) is 18.2 Å². The van der Waals surface area contributed by atoms with Crippen molar-refractivity contribution in [2.45, 2.75) is 24.9 Å². The zero-order valence-electron chi connectivity index (χ0n) is 14.8. The van der Waals surface area contributed by atoms with Crippen molar-refractivity contribution < 1.29 is 18.7 Å². The summed E-state index contributed by atoms with van der Waals surface area (Å²) in [7, 11) is 0. The Hall–Kier alpha value is -2.38. The molecule has 0 radical (unpaired) electrons. The van der Waals surface area contributed by atoms with Gasteiger partial charge in [0.15, 0.2) is 5.54 Å². The van der Waals surface area contributed by atoms with Gasteiger partial charge >= 0.3 is 5.97 Å². The number of cyclic esters (lactones) is 1. The van der Waals surface area contributed by atoms with Crippen LogP contribution in [0.15, 0.2) is 40.9 Å². The van der Waals surface area contributed by atoms with Crippen LogP contribution >= 0.6 is 0 Å². The Morgan fingerprint density at radius 2 is 2.04 bits per heavy atom. The second-order valence-electron chi connectivity index (χ2n) is 6.86. The van der Waals surface area contributed by atoms with Gasteiger partial charge in [-0.05, 0) is 18.9 Å². The largest absolute Gasteiger partial charge is 0.462 e. The number of nitrogens with zero attached hydrogens (tertiary/aromatic N) is 2. The summed E-state index contributed by atoms with van der Waals surface area (Å²) in [5.41, 5.74) is 0.0918. The molecular formula is C19H23N3O4. The van der Waals surface area contributed by atoms with Gasteiger partial charge in [0.25, 0.3) is 0 Å². The molecule has 138 valence electrons. The van der Waals surface area contributed by atoms with Crippen LogP contribution in [0.25, 0.3) is 0 Å². The molecule has 2 aliphatic rings. The van der Waals surface area contributed by atoms with Crippen molar-refractivity contribution in [3.05, 3.63) is 48.0 Å². The van der Waals surface area contributed by atoms with Gasteiger partial charge in [-0.25, -0.2) is 9.78 Å². The molecule has 0 amide bonds. The van der Waals surface area contributed by atoms with Crippen molar-refractivity contribution in [1.82, 2.24) is 10.3 Å². The van der Waals surface area contributed by atoms with Crippen LogP contribution in [0.1, 0.15) is 18.4 Å². The highest BCUT2D eigenvalue weighted by Crippen LogP contribution is 2.29. The van der Waals surface area contributed by atoms with Gasteiger partial charge < -0.3 is 18.8 Å². The van der Waals surface area contributed by atoms with Gasteiger partial charge in [0, 0.05) is 19.1 Å². The third-order valence-corrected chi connectivity index (χ3v) is 4.89. The number of oxazole rings is 1. The van der Waals surface area contributed by atoms with Crippen molar-refractivity contribution in [3.63, 3.8) is 0 Å². The van der Waals surface area contributed by atoms with E-state index in [0.29, 0.717) is 31.6 Å². The number of rotatable bonds is 4. The maximum absolute atomic E-state index is 12.5. The standard InChI is InChI=1S/C19H23N3O4/c1-19(17-20-12-16(26-17)22-7-9-24-10-8-22)18(23)25-13-15(21-19)11-14-5-3-2-4-6-14/h2-6,12,15,21H,7-11,13H2,1H3. The molecule has 0 aliphatic carbocycles. The molecule has 2 saturated heterocycles. The molecule has 4 rings (SSSR count). The SMILES string of the molecule is CC1(c2ncc(N3CCOCC3)o2)NC(Cc2ccccc2)COC1=O. The second-order valence-corrected chi connectivity index (χ2v) is 6.86. The fourth-order valence-electron chi connectivity index (χ4n) is 3.41. The van der Waals surface area contributed by atoms with Crippen molar-refractivity contribution in [2.24, 2.45) is 0 Å². The maximum Gasteiger partial charge on any atom is 0.335 e. The summed E-state index contributed by atoms with van der Waals surface area (Å²) in [4.78, 5) is 18.9. The van der Waals surface area contributed by atoms with Gasteiger partial charge in [0.2, 0.25) is 11.8 Å². The summed E-state index contributed by atoms with van der Waals surface area (Å²) >= 11 is 0. The fourth-order valence-corrected chi connectivity index (χ4v) is 3.41. The monoisotopic (exact) mass is 357 g/mol. The number of carbonyl (C=O) groups is 1. The normalized spacial score (nSPS) is 26.6. The molecule has 2 atom stereocenters. The number of aromatic nitrogens is 1. The molecule has 1 aromatic carbocycles. The highest BCUT2D eigenvalue weighted by molar-refractivity contribution is 5.81. The fraction of sp³-hybridized carbons (Fsp3) is 0.474. The predicted molar refractivity (Wildman–Crippen MR) is 94.9 cm³/mol. The number of nitrogens with one attached hydrogen (secondary N) is 1. The summed E-state index contributed by atoms with van der Waals surface area (Å²) in [5, 5.41) is 3.39. The van der Waals surface area contributed by atoms with E-state index in [1.165, 1.54) is 5.56 Å². The zero-order chi connectivity index (χ0) is 18.0. The first-order valence-electron chi connectivity index (χ1n) is 8.93. The quantitative estimate of drug-likeness (QED) is 0.831. The van der Waals surface area contributed by atoms with Crippen LogP contribution in [0.5, 0.6) is 0 Å². The molecule has 0 bridgehead atoms. The lowest BCUT2D eigenvalue weighted by molar-refractivity contribution is -0.160. The van der Waals surface area contributed by atoms with Gasteiger partial charge in [-0.15, -0.1) is 0 Å². The maximum atomic E-state index is 12.5. The van der Waals surface area contributed by atoms with Crippen molar-refractivity contribution in [3.8, 4) is 0 Å². The topological polar surface area (TPSA) is 76.8 Å². The van der Waals surface area contributed by atoms with E-state index in [1.54, 1.807) is 13.1 Å². The minimum atomic E-state index is -1.10. The number of morpholine rings is 2. The Bertz CT molecular complexity index is 757. The number of benzene rings is 1. The van der Waals surface area contributed by atoms with Crippen LogP contribution in [-0.2, 0) is 26.2 Å². The molecule has 1 N–H and O–H groups in total. The smallest absolute Gasteiger partial charge is 0.335 e. The predicted octanol–water partition coefficient (Wildman–Crippen LogP) is 1.48. The lowest BCUT2D eigenvalue weighted by Crippen LogP contribution is -2.59. The zero-order valence-corrected chi connectivity index (χ0v) is 14.8. The molecule has 7 nitrogen and oxygen atoms in total. The molecule has 3 heterocycles. The van der Waals surface area contributed by atoms with E-state index in [4.69, 9.17) is 13.9 Å². The van der Waals surface area contributed by atoms with E-state index in [2.05, 4.69) is 27.3 Å². The van der Waals surface area contributed by atoms with Crippen molar-refractivity contribution >= 4 is 11.9 Å². The van der Waals surface area contributed by atoms with Gasteiger partial charge in [0.1, 0.15) is 6.61 Å². The van der Waals surface area contributed by atoms with Crippen LogP contribution in [0.2, 0.25) is 0 Å². The molecule has 1 aromatic heterocycles. The summed E-state index contributed by atoms with van der Waals surface area (Å²) in [5.74, 6) is 0.628. The Labute approximate surface area is 152 Å². The molecule has 0 saturated carbocycles. The molecule has 26 heavy (non-hydrogen) atoms. The first kappa shape index (κ1) is 17.1. The minimum Gasteiger partial charge on any atom is -0.462 e. The van der Waals surface area contributed by atoms with E-state index in [-0.39, 0.29) is 12.0 Å². The molecule has 2 fully saturated rings. The molecule has 2 aromatic rings. The van der Waals surface area contributed by atoms with E-state index >= 15 is 0 Å². The molecule has 0 spiro atoms. The second kappa shape index (κ2) is 7.09. The molecule has 7 heteroatoms. The number of hydrogen-bond acceptors (Lipinski definition) is 7. The average Bonchev–Trinajstić information content (AvgIpc) is 3.17. The first-order chi connectivity index (χ1) is 12.6. The molecular weight excluding hydrogens is 334 g/mol. The number of hydrogen-bond donors (Lipinski definition) is 1. The highest BCUT2D eigenvalue weighted by atomic mass is 16.5. The Kier molecular flexibility index (Phi) is 4.65. The van der Waals surface area contributed by atoms with Crippen molar-refractivity contribution in [1.29, 1.82) is 0 Å². The average molecular weight is 357 g/mol. The lowest BCUT2D eigenvalue weighted by Gasteiger charge is -2.35. The highest BCUT2D eigenvalue weighted by Gasteiger charge is 2.46. The summed E-state index contributed by atoms with van der Waals surface area (Å²) < 4.78 is 16.7. The number of esters is 1. The summed E-state index contributed by atoms with van der Waals surface area (Å²) in [6, 6.07) is 10.1. The summed E-state index contributed by atoms with van der Waals surface area (Å²) in [6.45, 7) is 4.92. The third kappa shape index (κ3) is 3.32. The number of carbonyl (C=O) groups excluding carboxylic acids is 1. The van der Waals surface area contributed by atoms with Crippen LogP contribution in [-0.4, -0.2) is 49.9 Å². The third-order valence-electron chi connectivity index (χ3n) is 4.89. The van der Waals surface area contributed by atoms with Crippen LogP contribution in [0.4, 0.5) is 5.88 Å². The Balaban J connectivity index is 1.51. The van der Waals surface area contributed by atoms with Crippen molar-refractivity contribution in [2.75, 3.05) is 37.8 Å². The number of anilines is 1. The van der Waals surface area contributed by atoms with Crippen LogP contribution in [0, 0.1) is 0 Å². The van der Waals surface area contributed by atoms with E-state index in [9.17, 15) is 4.79 Å². The van der Waals surface area contributed by atoms with Gasteiger partial charge in [-0.1, -0.05) is 30.3 Å². The van der Waals surface area contributed by atoms with Gasteiger partial charge in [-0.3, -0.25) is 5.32 Å². The van der Waals surface area contributed by atoms with Gasteiger partial charge in [0.05, 0.1) is 19.4 Å². The lowest BCUT2D eigenvalue weighted by atomic mass is 9.96. The molecule has 2 aliphatic heterocycles. The van der Waals surface area contributed by atoms with Gasteiger partial charge in [-0.2, -0.15) is 0 Å². The first-order valence-corrected chi connectivity index (χ1v) is 8.93. The Morgan fingerprint density at radius 3 is 2.81 bits per heavy atom. The van der Waals surface area contributed by atoms with Crippen LogP contribution in [0.3, 0.4) is 0 Å².